The molecule has 1 aliphatic carbocycles. The third kappa shape index (κ3) is 3.66. The number of nitrogens with one attached hydrogen (secondary N) is 1. The fourth-order valence-electron chi connectivity index (χ4n) is 3.40. The van der Waals surface area contributed by atoms with Crippen LogP contribution in [0.1, 0.15) is 56.8 Å². The lowest BCUT2D eigenvalue weighted by molar-refractivity contribution is -0.115. The lowest BCUT2D eigenvalue weighted by Gasteiger charge is -2.27. The molecular weight excluding hydrogens is 302 g/mol. The molecule has 3 rings (SSSR count). The molecule has 1 N–H and O–H groups in total. The maximum absolute atomic E-state index is 12.1. The Bertz CT molecular complexity index is 698. The van der Waals surface area contributed by atoms with Crippen LogP contribution in [0.3, 0.4) is 0 Å². The van der Waals surface area contributed by atoms with E-state index in [1.165, 1.54) is 25.7 Å². The van der Waals surface area contributed by atoms with Gasteiger partial charge in [0.2, 0.25) is 11.8 Å². The zero-order chi connectivity index (χ0) is 17.2. The Kier molecular flexibility index (Phi) is 4.69. The van der Waals surface area contributed by atoms with E-state index in [1.54, 1.807) is 0 Å². The highest BCUT2D eigenvalue weighted by atomic mass is 16.5. The molecular formula is C19H25N3O2. The van der Waals surface area contributed by atoms with Gasteiger partial charge in [0.25, 0.3) is 0 Å². The van der Waals surface area contributed by atoms with Gasteiger partial charge in [0.05, 0.1) is 6.42 Å². The van der Waals surface area contributed by atoms with E-state index < -0.39 is 0 Å². The summed E-state index contributed by atoms with van der Waals surface area (Å²) in [5.74, 6) is 1.53. The van der Waals surface area contributed by atoms with Crippen LogP contribution < -0.4 is 5.32 Å². The summed E-state index contributed by atoms with van der Waals surface area (Å²) in [7, 11) is 0. The summed E-state index contributed by atoms with van der Waals surface area (Å²) in [6.45, 7) is 6.33. The molecule has 1 heterocycles. The lowest BCUT2D eigenvalue weighted by atomic mass is 9.77. The maximum Gasteiger partial charge on any atom is 0.232 e. The number of aryl methyl sites for hydroxylation is 1. The first-order chi connectivity index (χ1) is 11.4. The largest absolute Gasteiger partial charge is 0.339 e. The Labute approximate surface area is 142 Å². The standard InChI is InChI=1S/C19H25N3O2/c1-13-8-10-15(11-9-13)20-17(23)12-16-21-18(24-22-16)19(2,3)14-6-4-5-7-14/h8-11,14H,4-7,12H2,1-3H3,(H,20,23). The predicted molar refractivity (Wildman–Crippen MR) is 92.8 cm³/mol. The van der Waals surface area contributed by atoms with E-state index in [9.17, 15) is 4.79 Å². The topological polar surface area (TPSA) is 68.0 Å². The second kappa shape index (κ2) is 6.75. The first kappa shape index (κ1) is 16.7. The van der Waals surface area contributed by atoms with Crippen molar-refractivity contribution in [3.8, 4) is 0 Å². The minimum Gasteiger partial charge on any atom is -0.339 e. The van der Waals surface area contributed by atoms with E-state index in [4.69, 9.17) is 4.52 Å². The molecule has 2 aromatic rings. The smallest absolute Gasteiger partial charge is 0.232 e. The highest BCUT2D eigenvalue weighted by molar-refractivity contribution is 5.91. The van der Waals surface area contributed by atoms with Gasteiger partial charge in [0.1, 0.15) is 0 Å². The molecule has 0 saturated heterocycles. The molecule has 1 aliphatic rings. The zero-order valence-corrected chi connectivity index (χ0v) is 14.6. The molecule has 0 spiro atoms. The van der Waals surface area contributed by atoms with E-state index in [1.807, 2.05) is 31.2 Å². The molecule has 5 heteroatoms. The second-order valence-electron chi connectivity index (χ2n) is 7.31. The number of amides is 1. The van der Waals surface area contributed by atoms with Crippen molar-refractivity contribution >= 4 is 11.6 Å². The van der Waals surface area contributed by atoms with Crippen molar-refractivity contribution in [1.82, 2.24) is 10.1 Å². The highest BCUT2D eigenvalue weighted by Crippen LogP contribution is 2.41. The fraction of sp³-hybridized carbons (Fsp3) is 0.526. The number of carbonyl (C=O) groups is 1. The van der Waals surface area contributed by atoms with Crippen molar-refractivity contribution in [2.75, 3.05) is 5.32 Å². The van der Waals surface area contributed by atoms with E-state index in [2.05, 4.69) is 29.3 Å². The van der Waals surface area contributed by atoms with E-state index in [-0.39, 0.29) is 17.7 Å². The van der Waals surface area contributed by atoms with Crippen molar-refractivity contribution in [1.29, 1.82) is 0 Å². The minimum absolute atomic E-state index is 0.123. The van der Waals surface area contributed by atoms with Gasteiger partial charge < -0.3 is 9.84 Å². The van der Waals surface area contributed by atoms with Gasteiger partial charge in [0.15, 0.2) is 5.82 Å². The monoisotopic (exact) mass is 327 g/mol. The number of anilines is 1. The molecule has 0 atom stereocenters. The van der Waals surface area contributed by atoms with Crippen molar-refractivity contribution in [2.24, 2.45) is 5.92 Å². The highest BCUT2D eigenvalue weighted by Gasteiger charge is 2.38. The van der Waals surface area contributed by atoms with Gasteiger partial charge in [-0.2, -0.15) is 4.98 Å². The van der Waals surface area contributed by atoms with Crippen LogP contribution in [0.2, 0.25) is 0 Å². The van der Waals surface area contributed by atoms with Gasteiger partial charge >= 0.3 is 0 Å². The van der Waals surface area contributed by atoms with Gasteiger partial charge in [-0.3, -0.25) is 4.79 Å². The van der Waals surface area contributed by atoms with Crippen LogP contribution in [-0.4, -0.2) is 16.0 Å². The van der Waals surface area contributed by atoms with E-state index in [0.29, 0.717) is 17.6 Å². The Morgan fingerprint density at radius 3 is 2.58 bits per heavy atom. The molecule has 24 heavy (non-hydrogen) atoms. The van der Waals surface area contributed by atoms with Crippen molar-refractivity contribution in [3.05, 3.63) is 41.5 Å². The summed E-state index contributed by atoms with van der Waals surface area (Å²) in [6.07, 6.45) is 5.08. The van der Waals surface area contributed by atoms with Crippen LogP contribution in [0, 0.1) is 12.8 Å². The number of benzene rings is 1. The average Bonchev–Trinajstić information content (AvgIpc) is 3.21. The summed E-state index contributed by atoms with van der Waals surface area (Å²) in [5.41, 5.74) is 1.81. The summed E-state index contributed by atoms with van der Waals surface area (Å²) in [6, 6.07) is 7.70. The summed E-state index contributed by atoms with van der Waals surface area (Å²) >= 11 is 0. The maximum atomic E-state index is 12.1. The molecule has 0 bridgehead atoms. The number of carbonyl (C=O) groups excluding carboxylic acids is 1. The molecule has 0 unspecified atom stereocenters. The van der Waals surface area contributed by atoms with Crippen LogP contribution in [-0.2, 0) is 16.6 Å². The van der Waals surface area contributed by atoms with Gasteiger partial charge in [-0.15, -0.1) is 0 Å². The van der Waals surface area contributed by atoms with Gasteiger partial charge in [-0.25, -0.2) is 0 Å². The van der Waals surface area contributed by atoms with Crippen molar-refractivity contribution in [2.45, 2.75) is 58.3 Å². The molecule has 128 valence electrons. The number of rotatable bonds is 5. The normalized spacial score (nSPS) is 15.6. The van der Waals surface area contributed by atoms with Crippen LogP contribution in [0.25, 0.3) is 0 Å². The third-order valence-electron chi connectivity index (χ3n) is 5.05. The Hall–Kier alpha value is -2.17. The molecule has 1 saturated carbocycles. The molecule has 5 nitrogen and oxygen atoms in total. The van der Waals surface area contributed by atoms with Gasteiger partial charge in [-0.1, -0.05) is 49.5 Å². The van der Waals surface area contributed by atoms with Crippen LogP contribution in [0.5, 0.6) is 0 Å². The molecule has 1 fully saturated rings. The Morgan fingerprint density at radius 2 is 1.92 bits per heavy atom. The number of nitrogens with zero attached hydrogens (tertiary/aromatic N) is 2. The number of hydrogen-bond acceptors (Lipinski definition) is 4. The quantitative estimate of drug-likeness (QED) is 0.900. The van der Waals surface area contributed by atoms with E-state index >= 15 is 0 Å². The van der Waals surface area contributed by atoms with Gasteiger partial charge in [0, 0.05) is 11.1 Å². The third-order valence-corrected chi connectivity index (χ3v) is 5.05. The summed E-state index contributed by atoms with van der Waals surface area (Å²) in [5, 5.41) is 6.86. The molecule has 1 aromatic heterocycles. The molecule has 0 radical (unpaired) electrons. The minimum atomic E-state index is -0.134. The number of aromatic nitrogens is 2. The van der Waals surface area contributed by atoms with Crippen molar-refractivity contribution < 1.29 is 9.32 Å². The van der Waals surface area contributed by atoms with Crippen molar-refractivity contribution in [3.63, 3.8) is 0 Å². The average molecular weight is 327 g/mol. The van der Waals surface area contributed by atoms with Gasteiger partial charge in [-0.05, 0) is 37.8 Å². The molecule has 1 aromatic carbocycles. The second-order valence-corrected chi connectivity index (χ2v) is 7.31. The Balaban J connectivity index is 1.63. The summed E-state index contributed by atoms with van der Waals surface area (Å²) < 4.78 is 5.47. The van der Waals surface area contributed by atoms with Crippen LogP contribution in [0.15, 0.2) is 28.8 Å². The first-order valence-electron chi connectivity index (χ1n) is 8.65. The SMILES string of the molecule is Cc1ccc(NC(=O)Cc2noc(C(C)(C)C3CCCC3)n2)cc1. The van der Waals surface area contributed by atoms with Crippen LogP contribution in [0.4, 0.5) is 5.69 Å². The zero-order valence-electron chi connectivity index (χ0n) is 14.6. The molecule has 1 amide bonds. The predicted octanol–water partition coefficient (Wildman–Crippen LogP) is 4.03. The summed E-state index contributed by atoms with van der Waals surface area (Å²) in [4.78, 5) is 16.6. The number of hydrogen-bond donors (Lipinski definition) is 1. The Morgan fingerprint density at radius 1 is 1.25 bits per heavy atom. The fourth-order valence-corrected chi connectivity index (χ4v) is 3.40. The molecule has 0 aliphatic heterocycles. The first-order valence-corrected chi connectivity index (χ1v) is 8.65. The lowest BCUT2D eigenvalue weighted by Crippen LogP contribution is -2.27. The van der Waals surface area contributed by atoms with E-state index in [0.717, 1.165) is 11.3 Å². The van der Waals surface area contributed by atoms with Crippen LogP contribution >= 0.6 is 0 Å².